The SMILES string of the molecule is CCN(CC)c1ccc(Nc2nc(NC)ncc2Cl)cc1. The van der Waals surface area contributed by atoms with Gasteiger partial charge in [0.2, 0.25) is 5.95 Å². The first kappa shape index (κ1) is 15.4. The number of hydrogen-bond acceptors (Lipinski definition) is 5. The molecule has 0 saturated heterocycles. The number of halogens is 1. The molecule has 2 rings (SSSR count). The fourth-order valence-corrected chi connectivity index (χ4v) is 2.19. The first-order valence-electron chi connectivity index (χ1n) is 7.00. The second-order valence-corrected chi connectivity index (χ2v) is 4.89. The highest BCUT2D eigenvalue weighted by Crippen LogP contribution is 2.25. The average molecular weight is 306 g/mol. The van der Waals surface area contributed by atoms with Crippen LogP contribution in [0.3, 0.4) is 0 Å². The van der Waals surface area contributed by atoms with Crippen LogP contribution in [0.25, 0.3) is 0 Å². The lowest BCUT2D eigenvalue weighted by Crippen LogP contribution is -2.21. The summed E-state index contributed by atoms with van der Waals surface area (Å²) in [5, 5.41) is 6.59. The van der Waals surface area contributed by atoms with E-state index in [0.29, 0.717) is 16.8 Å². The molecule has 0 amide bonds. The van der Waals surface area contributed by atoms with Crippen molar-refractivity contribution in [2.75, 3.05) is 35.7 Å². The average Bonchev–Trinajstić information content (AvgIpc) is 2.52. The summed E-state index contributed by atoms with van der Waals surface area (Å²) in [7, 11) is 1.77. The van der Waals surface area contributed by atoms with Gasteiger partial charge in [0, 0.05) is 31.5 Å². The Labute approximate surface area is 130 Å². The second-order valence-electron chi connectivity index (χ2n) is 4.48. The molecule has 0 spiro atoms. The lowest BCUT2D eigenvalue weighted by atomic mass is 10.2. The summed E-state index contributed by atoms with van der Waals surface area (Å²) in [5.74, 6) is 1.12. The standard InChI is InChI=1S/C15H20ClN5/c1-4-21(5-2)12-8-6-11(7-9-12)19-14-13(16)10-18-15(17-3)20-14/h6-10H,4-5H2,1-3H3,(H2,17,18,19,20). The van der Waals surface area contributed by atoms with Crippen LogP contribution < -0.4 is 15.5 Å². The minimum Gasteiger partial charge on any atom is -0.372 e. The molecule has 0 bridgehead atoms. The van der Waals surface area contributed by atoms with E-state index in [1.807, 2.05) is 12.1 Å². The first-order valence-corrected chi connectivity index (χ1v) is 7.38. The predicted molar refractivity (Wildman–Crippen MR) is 89.9 cm³/mol. The van der Waals surface area contributed by atoms with Crippen molar-refractivity contribution in [2.24, 2.45) is 0 Å². The van der Waals surface area contributed by atoms with Gasteiger partial charge in [-0.25, -0.2) is 4.98 Å². The molecule has 0 aliphatic rings. The van der Waals surface area contributed by atoms with Crippen LogP contribution in [0.4, 0.5) is 23.1 Å². The lowest BCUT2D eigenvalue weighted by Gasteiger charge is -2.21. The zero-order valence-electron chi connectivity index (χ0n) is 12.5. The summed E-state index contributed by atoms with van der Waals surface area (Å²) >= 11 is 6.11. The Hall–Kier alpha value is -2.01. The van der Waals surface area contributed by atoms with Gasteiger partial charge in [-0.15, -0.1) is 0 Å². The molecule has 2 aromatic rings. The Morgan fingerprint density at radius 2 is 1.81 bits per heavy atom. The molecule has 0 atom stereocenters. The molecule has 0 aliphatic heterocycles. The van der Waals surface area contributed by atoms with E-state index in [-0.39, 0.29) is 0 Å². The molecule has 1 aromatic carbocycles. The summed E-state index contributed by atoms with van der Waals surface area (Å²) in [6.45, 7) is 6.28. The molecule has 0 unspecified atom stereocenters. The smallest absolute Gasteiger partial charge is 0.224 e. The number of anilines is 4. The van der Waals surface area contributed by atoms with Crippen molar-refractivity contribution in [2.45, 2.75) is 13.8 Å². The summed E-state index contributed by atoms with van der Waals surface area (Å²) in [5.41, 5.74) is 2.14. The Morgan fingerprint density at radius 1 is 1.14 bits per heavy atom. The van der Waals surface area contributed by atoms with Gasteiger partial charge in [-0.3, -0.25) is 0 Å². The summed E-state index contributed by atoms with van der Waals surface area (Å²) in [4.78, 5) is 10.7. The minimum absolute atomic E-state index is 0.488. The third kappa shape index (κ3) is 3.76. The van der Waals surface area contributed by atoms with Gasteiger partial charge in [0.25, 0.3) is 0 Å². The van der Waals surface area contributed by atoms with Crippen LogP contribution in [-0.4, -0.2) is 30.1 Å². The van der Waals surface area contributed by atoms with Crippen LogP contribution in [-0.2, 0) is 0 Å². The van der Waals surface area contributed by atoms with E-state index in [4.69, 9.17) is 11.6 Å². The molecule has 2 N–H and O–H groups in total. The molecule has 21 heavy (non-hydrogen) atoms. The van der Waals surface area contributed by atoms with Crippen molar-refractivity contribution in [3.05, 3.63) is 35.5 Å². The van der Waals surface area contributed by atoms with Crippen LogP contribution in [0.5, 0.6) is 0 Å². The van der Waals surface area contributed by atoms with Crippen molar-refractivity contribution in [1.82, 2.24) is 9.97 Å². The van der Waals surface area contributed by atoms with Crippen molar-refractivity contribution in [3.8, 4) is 0 Å². The van der Waals surface area contributed by atoms with Gasteiger partial charge >= 0.3 is 0 Å². The monoisotopic (exact) mass is 305 g/mol. The maximum atomic E-state index is 6.11. The molecule has 0 saturated carbocycles. The van der Waals surface area contributed by atoms with Gasteiger partial charge in [0.05, 0.1) is 6.20 Å². The molecule has 112 valence electrons. The second kappa shape index (κ2) is 7.13. The summed E-state index contributed by atoms with van der Waals surface area (Å²) in [6, 6.07) is 8.21. The molecule has 5 nitrogen and oxygen atoms in total. The number of benzene rings is 1. The molecular formula is C15H20ClN5. The Kier molecular flexibility index (Phi) is 5.22. The van der Waals surface area contributed by atoms with Crippen LogP contribution in [0.15, 0.2) is 30.5 Å². The number of hydrogen-bond donors (Lipinski definition) is 2. The van der Waals surface area contributed by atoms with E-state index < -0.39 is 0 Å². The van der Waals surface area contributed by atoms with Gasteiger partial charge in [0.1, 0.15) is 5.02 Å². The van der Waals surface area contributed by atoms with Crippen molar-refractivity contribution in [3.63, 3.8) is 0 Å². The van der Waals surface area contributed by atoms with Crippen LogP contribution in [0, 0.1) is 0 Å². The normalized spacial score (nSPS) is 10.3. The Morgan fingerprint density at radius 3 is 2.38 bits per heavy atom. The highest BCUT2D eigenvalue weighted by atomic mass is 35.5. The van der Waals surface area contributed by atoms with E-state index in [1.165, 1.54) is 5.69 Å². The van der Waals surface area contributed by atoms with E-state index in [0.717, 1.165) is 18.8 Å². The third-order valence-corrected chi connectivity index (χ3v) is 3.50. The zero-order chi connectivity index (χ0) is 15.2. The maximum Gasteiger partial charge on any atom is 0.224 e. The van der Waals surface area contributed by atoms with Gasteiger partial charge in [-0.1, -0.05) is 11.6 Å². The molecule has 1 heterocycles. The summed E-state index contributed by atoms with van der Waals surface area (Å²) in [6.07, 6.45) is 1.58. The Bertz CT molecular complexity index is 581. The first-order chi connectivity index (χ1) is 10.2. The minimum atomic E-state index is 0.488. The highest BCUT2D eigenvalue weighted by Gasteiger charge is 2.06. The van der Waals surface area contributed by atoms with Crippen molar-refractivity contribution >= 4 is 34.7 Å². The highest BCUT2D eigenvalue weighted by molar-refractivity contribution is 6.32. The predicted octanol–water partition coefficient (Wildman–Crippen LogP) is 3.76. The molecule has 0 radical (unpaired) electrons. The molecular weight excluding hydrogens is 286 g/mol. The van der Waals surface area contributed by atoms with Crippen molar-refractivity contribution in [1.29, 1.82) is 0 Å². The lowest BCUT2D eigenvalue weighted by molar-refractivity contribution is 0.866. The molecule has 1 aromatic heterocycles. The molecule has 0 aliphatic carbocycles. The van der Waals surface area contributed by atoms with Gasteiger partial charge in [-0.05, 0) is 38.1 Å². The van der Waals surface area contributed by atoms with Gasteiger partial charge in [-0.2, -0.15) is 4.98 Å². The van der Waals surface area contributed by atoms with Gasteiger partial charge in [0.15, 0.2) is 5.82 Å². The number of rotatable bonds is 6. The number of aromatic nitrogens is 2. The topological polar surface area (TPSA) is 53.1 Å². The quantitative estimate of drug-likeness (QED) is 0.851. The van der Waals surface area contributed by atoms with E-state index in [2.05, 4.69) is 51.5 Å². The largest absolute Gasteiger partial charge is 0.372 e. The van der Waals surface area contributed by atoms with Crippen LogP contribution >= 0.6 is 11.6 Å². The number of nitrogens with one attached hydrogen (secondary N) is 2. The fourth-order valence-electron chi connectivity index (χ4n) is 2.06. The maximum absolute atomic E-state index is 6.11. The van der Waals surface area contributed by atoms with Crippen LogP contribution in [0.1, 0.15) is 13.8 Å². The van der Waals surface area contributed by atoms with Crippen molar-refractivity contribution < 1.29 is 0 Å². The third-order valence-electron chi connectivity index (χ3n) is 3.23. The van der Waals surface area contributed by atoms with E-state index >= 15 is 0 Å². The van der Waals surface area contributed by atoms with E-state index in [1.54, 1.807) is 13.2 Å². The zero-order valence-corrected chi connectivity index (χ0v) is 13.3. The fraction of sp³-hybridized carbons (Fsp3) is 0.333. The number of nitrogens with zero attached hydrogens (tertiary/aromatic N) is 3. The molecule has 0 fully saturated rings. The van der Waals surface area contributed by atoms with Crippen LogP contribution in [0.2, 0.25) is 5.02 Å². The molecule has 6 heteroatoms. The van der Waals surface area contributed by atoms with Gasteiger partial charge < -0.3 is 15.5 Å². The Balaban J connectivity index is 2.17. The van der Waals surface area contributed by atoms with E-state index in [9.17, 15) is 0 Å². The summed E-state index contributed by atoms with van der Waals surface area (Å²) < 4.78 is 0.